The van der Waals surface area contributed by atoms with Gasteiger partial charge in [0.1, 0.15) is 0 Å². The summed E-state index contributed by atoms with van der Waals surface area (Å²) in [7, 11) is 0. The molecule has 0 amide bonds. The lowest BCUT2D eigenvalue weighted by Gasteiger charge is -2.31. The minimum absolute atomic E-state index is 0.00893. The zero-order chi connectivity index (χ0) is 14.5. The fourth-order valence-corrected chi connectivity index (χ4v) is 2.92. The van der Waals surface area contributed by atoms with Crippen LogP contribution in [0.2, 0.25) is 10.0 Å². The van der Waals surface area contributed by atoms with Gasteiger partial charge in [-0.1, -0.05) is 23.2 Å². The number of piperidine rings is 1. The summed E-state index contributed by atoms with van der Waals surface area (Å²) in [6.45, 7) is 4.80. The lowest BCUT2D eigenvalue weighted by Crippen LogP contribution is -2.42. The van der Waals surface area contributed by atoms with E-state index in [9.17, 15) is 4.79 Å². The molecule has 5 heteroatoms. The van der Waals surface area contributed by atoms with Crippen molar-refractivity contribution in [2.45, 2.75) is 25.9 Å². The summed E-state index contributed by atoms with van der Waals surface area (Å²) in [4.78, 5) is 14.5. The van der Waals surface area contributed by atoms with Gasteiger partial charge in [0, 0.05) is 23.7 Å². The van der Waals surface area contributed by atoms with Gasteiger partial charge in [-0.2, -0.15) is 0 Å². The Hall–Kier alpha value is -0.610. The summed E-state index contributed by atoms with van der Waals surface area (Å²) >= 11 is 12.0. The number of carbonyl (C=O) groups is 1. The Kier molecular flexibility index (Phi) is 5.85. The lowest BCUT2D eigenvalue weighted by molar-refractivity contribution is 0.00719. The van der Waals surface area contributed by atoms with E-state index in [2.05, 4.69) is 4.90 Å². The number of rotatable bonds is 5. The number of Topliss-reactive ketones (excluding diaryl/α,β-unsaturated/α-hetero) is 1. The van der Waals surface area contributed by atoms with Gasteiger partial charge in [0.25, 0.3) is 0 Å². The van der Waals surface area contributed by atoms with Crippen molar-refractivity contribution in [1.82, 2.24) is 4.90 Å². The topological polar surface area (TPSA) is 29.5 Å². The molecule has 0 aromatic heterocycles. The van der Waals surface area contributed by atoms with E-state index < -0.39 is 0 Å². The van der Waals surface area contributed by atoms with Crippen LogP contribution in [0.4, 0.5) is 0 Å². The second-order valence-electron chi connectivity index (χ2n) is 5.00. The van der Waals surface area contributed by atoms with E-state index in [1.807, 2.05) is 6.92 Å². The second kappa shape index (κ2) is 7.41. The number of likely N-dealkylation sites (tertiary alicyclic amines) is 1. The Morgan fingerprint density at radius 1 is 1.45 bits per heavy atom. The maximum Gasteiger partial charge on any atom is 0.178 e. The van der Waals surface area contributed by atoms with Gasteiger partial charge in [0.2, 0.25) is 0 Å². The first-order valence-electron chi connectivity index (χ1n) is 6.92. The first-order valence-corrected chi connectivity index (χ1v) is 7.68. The summed E-state index contributed by atoms with van der Waals surface area (Å²) < 4.78 is 5.64. The Balaban J connectivity index is 1.98. The van der Waals surface area contributed by atoms with Gasteiger partial charge in [-0.3, -0.25) is 9.69 Å². The third-order valence-corrected chi connectivity index (χ3v) is 4.03. The monoisotopic (exact) mass is 315 g/mol. The molecule has 1 heterocycles. The summed E-state index contributed by atoms with van der Waals surface area (Å²) in [5.41, 5.74) is 0.498. The zero-order valence-electron chi connectivity index (χ0n) is 11.6. The predicted molar refractivity (Wildman–Crippen MR) is 81.9 cm³/mol. The molecular formula is C15H19Cl2NO2. The van der Waals surface area contributed by atoms with Crippen LogP contribution in [0.3, 0.4) is 0 Å². The van der Waals surface area contributed by atoms with Crippen LogP contribution in [-0.2, 0) is 4.74 Å². The molecule has 0 saturated carbocycles. The molecule has 1 atom stereocenters. The molecule has 0 bridgehead atoms. The molecular weight excluding hydrogens is 297 g/mol. The molecule has 110 valence electrons. The van der Waals surface area contributed by atoms with E-state index in [0.717, 1.165) is 25.9 Å². The molecule has 0 radical (unpaired) electrons. The highest BCUT2D eigenvalue weighted by molar-refractivity contribution is 6.36. The van der Waals surface area contributed by atoms with Gasteiger partial charge in [-0.15, -0.1) is 0 Å². The Labute approximate surface area is 129 Å². The van der Waals surface area contributed by atoms with Gasteiger partial charge in [0.05, 0.1) is 17.7 Å². The van der Waals surface area contributed by atoms with Crippen LogP contribution >= 0.6 is 23.2 Å². The number of ether oxygens (including phenoxy) is 1. The average Bonchev–Trinajstić information content (AvgIpc) is 2.42. The molecule has 1 aliphatic heterocycles. The van der Waals surface area contributed by atoms with Crippen molar-refractivity contribution in [2.24, 2.45) is 0 Å². The molecule has 1 aromatic rings. The lowest BCUT2D eigenvalue weighted by atomic mass is 10.1. The first kappa shape index (κ1) is 15.8. The molecule has 1 fully saturated rings. The molecule has 20 heavy (non-hydrogen) atoms. The minimum Gasteiger partial charge on any atom is -0.377 e. The zero-order valence-corrected chi connectivity index (χ0v) is 13.1. The maximum absolute atomic E-state index is 12.3. The summed E-state index contributed by atoms with van der Waals surface area (Å²) in [5, 5.41) is 0.987. The van der Waals surface area contributed by atoms with Crippen LogP contribution in [0.5, 0.6) is 0 Å². The van der Waals surface area contributed by atoms with E-state index in [1.54, 1.807) is 18.2 Å². The number of hydrogen-bond donors (Lipinski definition) is 0. The van der Waals surface area contributed by atoms with Crippen molar-refractivity contribution in [3.05, 3.63) is 33.8 Å². The molecule has 0 N–H and O–H groups in total. The van der Waals surface area contributed by atoms with E-state index in [0.29, 0.717) is 28.8 Å². The van der Waals surface area contributed by atoms with Crippen molar-refractivity contribution >= 4 is 29.0 Å². The van der Waals surface area contributed by atoms with Crippen LogP contribution in [0.15, 0.2) is 18.2 Å². The van der Waals surface area contributed by atoms with Crippen LogP contribution in [0, 0.1) is 0 Å². The SMILES string of the molecule is CCOC1CCCN(CC(=O)c2cc(Cl)ccc2Cl)C1. The van der Waals surface area contributed by atoms with E-state index in [1.165, 1.54) is 0 Å². The summed E-state index contributed by atoms with van der Waals surface area (Å²) in [5.74, 6) is 0.00893. The molecule has 0 aliphatic carbocycles. The normalized spacial score (nSPS) is 20.1. The van der Waals surface area contributed by atoms with Crippen LogP contribution in [0.25, 0.3) is 0 Å². The van der Waals surface area contributed by atoms with Gasteiger partial charge in [0.15, 0.2) is 5.78 Å². The quantitative estimate of drug-likeness (QED) is 0.776. The van der Waals surface area contributed by atoms with Crippen molar-refractivity contribution < 1.29 is 9.53 Å². The third kappa shape index (κ3) is 4.19. The fraction of sp³-hybridized carbons (Fsp3) is 0.533. The van der Waals surface area contributed by atoms with Crippen LogP contribution < -0.4 is 0 Å². The van der Waals surface area contributed by atoms with Crippen molar-refractivity contribution in [3.8, 4) is 0 Å². The number of benzene rings is 1. The van der Waals surface area contributed by atoms with E-state index >= 15 is 0 Å². The first-order chi connectivity index (χ1) is 9.60. The molecule has 2 rings (SSSR count). The average molecular weight is 316 g/mol. The Bertz CT molecular complexity index is 477. The number of hydrogen-bond acceptors (Lipinski definition) is 3. The van der Waals surface area contributed by atoms with Crippen molar-refractivity contribution in [3.63, 3.8) is 0 Å². The molecule has 3 nitrogen and oxygen atoms in total. The molecule has 1 aromatic carbocycles. The highest BCUT2D eigenvalue weighted by atomic mass is 35.5. The maximum atomic E-state index is 12.3. The molecule has 1 unspecified atom stereocenters. The van der Waals surface area contributed by atoms with Gasteiger partial charge in [-0.05, 0) is 44.5 Å². The highest BCUT2D eigenvalue weighted by Crippen LogP contribution is 2.22. The Morgan fingerprint density at radius 2 is 2.25 bits per heavy atom. The summed E-state index contributed by atoms with van der Waals surface area (Å²) in [6.07, 6.45) is 2.36. The van der Waals surface area contributed by atoms with E-state index in [4.69, 9.17) is 27.9 Å². The minimum atomic E-state index is 0.00893. The predicted octanol–water partition coefficient (Wildman–Crippen LogP) is 3.68. The Morgan fingerprint density at radius 3 is 3.00 bits per heavy atom. The number of carbonyl (C=O) groups excluding carboxylic acids is 1. The van der Waals surface area contributed by atoms with Crippen molar-refractivity contribution in [2.75, 3.05) is 26.2 Å². The van der Waals surface area contributed by atoms with Crippen LogP contribution in [-0.4, -0.2) is 43.0 Å². The van der Waals surface area contributed by atoms with Gasteiger partial charge >= 0.3 is 0 Å². The standard InChI is InChI=1S/C15H19Cl2NO2/c1-2-20-12-4-3-7-18(9-12)10-15(19)13-8-11(16)5-6-14(13)17/h5-6,8,12H,2-4,7,9-10H2,1H3. The highest BCUT2D eigenvalue weighted by Gasteiger charge is 2.23. The number of halogens is 2. The largest absolute Gasteiger partial charge is 0.377 e. The number of nitrogens with zero attached hydrogens (tertiary/aromatic N) is 1. The van der Waals surface area contributed by atoms with E-state index in [-0.39, 0.29) is 11.9 Å². The van der Waals surface area contributed by atoms with Gasteiger partial charge < -0.3 is 4.74 Å². The summed E-state index contributed by atoms with van der Waals surface area (Å²) in [6, 6.07) is 4.99. The van der Waals surface area contributed by atoms with Crippen LogP contribution in [0.1, 0.15) is 30.1 Å². The smallest absolute Gasteiger partial charge is 0.178 e. The van der Waals surface area contributed by atoms with Crippen molar-refractivity contribution in [1.29, 1.82) is 0 Å². The number of ketones is 1. The molecule has 1 saturated heterocycles. The molecule has 1 aliphatic rings. The second-order valence-corrected chi connectivity index (χ2v) is 5.85. The third-order valence-electron chi connectivity index (χ3n) is 3.46. The van der Waals surface area contributed by atoms with Gasteiger partial charge in [-0.25, -0.2) is 0 Å². The fourth-order valence-electron chi connectivity index (χ4n) is 2.53. The molecule has 0 spiro atoms.